The maximum absolute atomic E-state index is 12.4. The van der Waals surface area contributed by atoms with Crippen molar-refractivity contribution in [2.75, 3.05) is 32.9 Å². The van der Waals surface area contributed by atoms with Gasteiger partial charge in [0.05, 0.1) is 5.69 Å². The zero-order valence-electron chi connectivity index (χ0n) is 18.4. The smallest absolute Gasteiger partial charge is 0.407 e. The molecule has 164 valence electrons. The molecule has 29 heavy (non-hydrogen) atoms. The van der Waals surface area contributed by atoms with Gasteiger partial charge in [0.1, 0.15) is 11.4 Å². The van der Waals surface area contributed by atoms with Crippen LogP contribution in [0.4, 0.5) is 10.5 Å². The molecule has 0 saturated carbocycles. The Kier molecular flexibility index (Phi) is 9.23. The Hall–Kier alpha value is -2.48. The number of anilines is 1. The van der Waals surface area contributed by atoms with Gasteiger partial charge in [-0.3, -0.25) is 4.79 Å². The first-order valence-corrected chi connectivity index (χ1v) is 9.86. The van der Waals surface area contributed by atoms with E-state index in [0.29, 0.717) is 19.4 Å². The molecule has 0 aliphatic carbocycles. The van der Waals surface area contributed by atoms with Crippen LogP contribution in [0.5, 0.6) is 5.75 Å². The van der Waals surface area contributed by atoms with Crippen LogP contribution in [-0.2, 0) is 16.0 Å². The summed E-state index contributed by atoms with van der Waals surface area (Å²) in [4.78, 5) is 26.7. The van der Waals surface area contributed by atoms with Crippen molar-refractivity contribution in [2.45, 2.75) is 52.2 Å². The molecular weight excluding hydrogens is 372 g/mol. The van der Waals surface area contributed by atoms with Crippen LogP contribution in [0.25, 0.3) is 0 Å². The lowest BCUT2D eigenvalue weighted by Crippen LogP contribution is -2.43. The number of rotatable bonds is 9. The number of phenols is 1. The topological polar surface area (TPSA) is 117 Å². The fraction of sp³-hybridized carbons (Fsp3) is 0.619. The first-order chi connectivity index (χ1) is 13.4. The van der Waals surface area contributed by atoms with E-state index in [1.165, 1.54) is 6.07 Å². The van der Waals surface area contributed by atoms with Gasteiger partial charge in [-0.2, -0.15) is 0 Å². The van der Waals surface area contributed by atoms with Crippen LogP contribution in [0, 0.1) is 5.92 Å². The maximum Gasteiger partial charge on any atom is 0.407 e. The summed E-state index contributed by atoms with van der Waals surface area (Å²) in [5.74, 6) is -0.348. The predicted molar refractivity (Wildman–Crippen MR) is 115 cm³/mol. The van der Waals surface area contributed by atoms with E-state index in [1.807, 2.05) is 25.9 Å². The number of carbonyl (C=O) groups excluding carboxylic acids is 2. The summed E-state index contributed by atoms with van der Waals surface area (Å²) in [6.45, 7) is 8.54. The highest BCUT2D eigenvalue weighted by Gasteiger charge is 2.24. The second-order valence-corrected chi connectivity index (χ2v) is 8.67. The molecule has 0 aliphatic rings. The predicted octanol–water partition coefficient (Wildman–Crippen LogP) is 2.11. The van der Waals surface area contributed by atoms with E-state index in [0.717, 1.165) is 12.1 Å². The van der Waals surface area contributed by atoms with Gasteiger partial charge in [-0.1, -0.05) is 13.0 Å². The van der Waals surface area contributed by atoms with Crippen LogP contribution >= 0.6 is 0 Å². The molecule has 0 fully saturated rings. The molecule has 0 aromatic heterocycles. The lowest BCUT2D eigenvalue weighted by Gasteiger charge is -2.25. The molecule has 0 aliphatic heterocycles. The number of alkyl carbamates (subject to hydrolysis) is 1. The van der Waals surface area contributed by atoms with Crippen LogP contribution < -0.4 is 16.4 Å². The Morgan fingerprint density at radius 1 is 1.28 bits per heavy atom. The zero-order chi connectivity index (χ0) is 22.2. The van der Waals surface area contributed by atoms with Crippen LogP contribution in [0.1, 0.15) is 39.7 Å². The van der Waals surface area contributed by atoms with E-state index in [1.54, 1.807) is 32.9 Å². The number of likely N-dealkylation sites (N-methyl/N-ethyl adjacent to an activating group) is 1. The SMILES string of the molecule is CC(C[C@H](Cc1ccc(O)c(N)c1)NC(=O)OC(C)(C)C)C(=O)NCCN(C)C. The molecule has 2 amide bonds. The lowest BCUT2D eigenvalue weighted by atomic mass is 9.95. The number of hydrogen-bond acceptors (Lipinski definition) is 6. The number of ether oxygens (including phenoxy) is 1. The van der Waals surface area contributed by atoms with Crippen LogP contribution in [0.2, 0.25) is 0 Å². The molecule has 8 heteroatoms. The van der Waals surface area contributed by atoms with Gasteiger partial charge in [0.25, 0.3) is 0 Å². The third-order valence-corrected chi connectivity index (χ3v) is 4.24. The molecular formula is C21H36N4O4. The van der Waals surface area contributed by atoms with Crippen molar-refractivity contribution in [1.29, 1.82) is 0 Å². The number of nitrogens with two attached hydrogens (primary N) is 1. The summed E-state index contributed by atoms with van der Waals surface area (Å²) >= 11 is 0. The van der Waals surface area contributed by atoms with Gasteiger partial charge in [-0.15, -0.1) is 0 Å². The Morgan fingerprint density at radius 3 is 2.48 bits per heavy atom. The minimum absolute atomic E-state index is 0.0130. The first-order valence-electron chi connectivity index (χ1n) is 9.86. The number of carbonyl (C=O) groups is 2. The van der Waals surface area contributed by atoms with Gasteiger partial charge in [0, 0.05) is 25.0 Å². The number of nitrogens with zero attached hydrogens (tertiary/aromatic N) is 1. The van der Waals surface area contributed by atoms with Crippen molar-refractivity contribution < 1.29 is 19.4 Å². The summed E-state index contributed by atoms with van der Waals surface area (Å²) in [5.41, 5.74) is 6.28. The number of aromatic hydroxyl groups is 1. The summed E-state index contributed by atoms with van der Waals surface area (Å²) in [7, 11) is 3.89. The Morgan fingerprint density at radius 2 is 1.93 bits per heavy atom. The van der Waals surface area contributed by atoms with Crippen LogP contribution in [0.15, 0.2) is 18.2 Å². The number of benzene rings is 1. The average Bonchev–Trinajstić information content (AvgIpc) is 2.55. The number of nitrogen functional groups attached to an aromatic ring is 1. The van der Waals surface area contributed by atoms with Crippen LogP contribution in [0.3, 0.4) is 0 Å². The largest absolute Gasteiger partial charge is 0.506 e. The standard InChI is InChI=1S/C21H36N4O4/c1-14(19(27)23-9-10-25(5)6)11-16(24-20(28)29-21(2,3)4)12-15-7-8-18(26)17(22)13-15/h7-8,13-14,16,26H,9-12,22H2,1-6H3,(H,23,27)(H,24,28)/t14?,16-/m1/s1. The Bertz CT molecular complexity index is 686. The van der Waals surface area contributed by atoms with Gasteiger partial charge in [-0.05, 0) is 65.4 Å². The summed E-state index contributed by atoms with van der Waals surface area (Å²) < 4.78 is 5.36. The van der Waals surface area contributed by atoms with Crippen molar-refractivity contribution in [1.82, 2.24) is 15.5 Å². The molecule has 1 unspecified atom stereocenters. The lowest BCUT2D eigenvalue weighted by molar-refractivity contribution is -0.124. The van der Waals surface area contributed by atoms with Crippen LogP contribution in [-0.4, -0.2) is 60.8 Å². The molecule has 1 aromatic rings. The quantitative estimate of drug-likeness (QED) is 0.367. The van der Waals surface area contributed by atoms with Crippen molar-refractivity contribution in [2.24, 2.45) is 5.92 Å². The molecule has 0 heterocycles. The molecule has 1 aromatic carbocycles. The zero-order valence-corrected chi connectivity index (χ0v) is 18.4. The third kappa shape index (κ3) is 10.0. The van der Waals surface area contributed by atoms with Gasteiger partial charge < -0.3 is 31.1 Å². The Labute approximate surface area is 173 Å². The highest BCUT2D eigenvalue weighted by molar-refractivity contribution is 5.78. The fourth-order valence-corrected chi connectivity index (χ4v) is 2.79. The number of phenolic OH excluding ortho intramolecular Hbond substituents is 1. The highest BCUT2D eigenvalue weighted by atomic mass is 16.6. The van der Waals surface area contributed by atoms with Crippen molar-refractivity contribution >= 4 is 17.7 Å². The minimum Gasteiger partial charge on any atom is -0.506 e. The normalized spacial score (nSPS) is 13.6. The summed E-state index contributed by atoms with van der Waals surface area (Å²) in [6.07, 6.45) is 0.363. The molecule has 0 saturated heterocycles. The van der Waals surface area contributed by atoms with E-state index in [9.17, 15) is 14.7 Å². The Balaban J connectivity index is 2.81. The second kappa shape index (κ2) is 10.9. The van der Waals surface area contributed by atoms with Gasteiger partial charge >= 0.3 is 6.09 Å². The molecule has 1 rings (SSSR count). The van der Waals surface area contributed by atoms with Gasteiger partial charge in [0.2, 0.25) is 5.91 Å². The summed E-state index contributed by atoms with van der Waals surface area (Å²) in [6, 6.07) is 4.61. The van der Waals surface area contributed by atoms with E-state index in [-0.39, 0.29) is 29.3 Å². The first kappa shape index (κ1) is 24.6. The van der Waals surface area contributed by atoms with Crippen molar-refractivity contribution in [3.63, 3.8) is 0 Å². The molecule has 8 nitrogen and oxygen atoms in total. The van der Waals surface area contributed by atoms with Gasteiger partial charge in [0.15, 0.2) is 0 Å². The molecule has 0 bridgehead atoms. The molecule has 5 N–H and O–H groups in total. The maximum atomic E-state index is 12.4. The van der Waals surface area contributed by atoms with Crippen molar-refractivity contribution in [3.05, 3.63) is 23.8 Å². The average molecular weight is 409 g/mol. The third-order valence-electron chi connectivity index (χ3n) is 4.24. The van der Waals surface area contributed by atoms with E-state index in [4.69, 9.17) is 10.5 Å². The number of amides is 2. The van der Waals surface area contributed by atoms with E-state index in [2.05, 4.69) is 10.6 Å². The molecule has 0 radical (unpaired) electrons. The van der Waals surface area contributed by atoms with E-state index >= 15 is 0 Å². The second-order valence-electron chi connectivity index (χ2n) is 8.67. The minimum atomic E-state index is -0.618. The summed E-state index contributed by atoms with van der Waals surface area (Å²) in [5, 5.41) is 15.4. The molecule has 0 spiro atoms. The van der Waals surface area contributed by atoms with E-state index < -0.39 is 11.7 Å². The fourth-order valence-electron chi connectivity index (χ4n) is 2.79. The number of hydrogen-bond donors (Lipinski definition) is 4. The number of nitrogens with one attached hydrogen (secondary N) is 2. The monoisotopic (exact) mass is 408 g/mol. The van der Waals surface area contributed by atoms with Gasteiger partial charge in [-0.25, -0.2) is 4.79 Å². The highest BCUT2D eigenvalue weighted by Crippen LogP contribution is 2.22. The molecule has 2 atom stereocenters. The van der Waals surface area contributed by atoms with Crippen molar-refractivity contribution in [3.8, 4) is 5.75 Å².